The van der Waals surface area contributed by atoms with E-state index in [1.165, 1.54) is 6.92 Å². The maximum absolute atomic E-state index is 9.82. The summed E-state index contributed by atoms with van der Waals surface area (Å²) in [7, 11) is 0. The van der Waals surface area contributed by atoms with E-state index >= 15 is 0 Å². The summed E-state index contributed by atoms with van der Waals surface area (Å²) in [6.07, 6.45) is 0. The van der Waals surface area contributed by atoms with Crippen LogP contribution in [0.1, 0.15) is 13.8 Å². The van der Waals surface area contributed by atoms with E-state index in [4.69, 9.17) is 0 Å². The van der Waals surface area contributed by atoms with Gasteiger partial charge in [-0.2, -0.15) is 0 Å². The minimum Gasteiger partial charge on any atom is -0.466 e. The standard InChI is InChI=1S/C4H8O2.2Na/c1-3-6-4(2)5;;/h3H2,1-2H3;;. The molecule has 0 atom stereocenters. The van der Waals surface area contributed by atoms with Crippen molar-refractivity contribution >= 4 is 65.1 Å². The van der Waals surface area contributed by atoms with Gasteiger partial charge in [0.1, 0.15) is 0 Å². The molecule has 0 aliphatic rings. The molecule has 0 N–H and O–H groups in total. The Morgan fingerprint density at radius 2 is 1.88 bits per heavy atom. The first-order valence-corrected chi connectivity index (χ1v) is 1.90. The molecule has 0 heterocycles. The van der Waals surface area contributed by atoms with Gasteiger partial charge >= 0.3 is 5.97 Å². The molecule has 2 radical (unpaired) electrons. The summed E-state index contributed by atoms with van der Waals surface area (Å²) >= 11 is 0. The molecular weight excluding hydrogens is 126 g/mol. The zero-order chi connectivity index (χ0) is 4.99. The topological polar surface area (TPSA) is 26.3 Å². The van der Waals surface area contributed by atoms with Gasteiger partial charge in [-0.3, -0.25) is 4.79 Å². The summed E-state index contributed by atoms with van der Waals surface area (Å²) in [4.78, 5) is 9.82. The molecule has 0 aromatic carbocycles. The van der Waals surface area contributed by atoms with Crippen LogP contribution in [0.25, 0.3) is 0 Å². The second-order valence-electron chi connectivity index (χ2n) is 0.925. The fourth-order valence-corrected chi connectivity index (χ4v) is 0.203. The van der Waals surface area contributed by atoms with E-state index in [-0.39, 0.29) is 65.1 Å². The van der Waals surface area contributed by atoms with Crippen molar-refractivity contribution in [1.82, 2.24) is 0 Å². The normalized spacial score (nSPS) is 5.75. The largest absolute Gasteiger partial charge is 0.466 e. The number of hydrogen-bond donors (Lipinski definition) is 0. The Bertz CT molecular complexity index is 56.0. The number of hydrogen-bond acceptors (Lipinski definition) is 2. The first kappa shape index (κ1) is 16.2. The average molecular weight is 134 g/mol. The Hall–Kier alpha value is 1.47. The van der Waals surface area contributed by atoms with Crippen molar-refractivity contribution in [2.45, 2.75) is 13.8 Å². The SMILES string of the molecule is CCOC(C)=O.[Na].[Na]. The molecule has 0 aliphatic heterocycles. The van der Waals surface area contributed by atoms with Gasteiger partial charge in [-0.25, -0.2) is 0 Å². The summed E-state index contributed by atoms with van der Waals surface area (Å²) in [6.45, 7) is 3.65. The van der Waals surface area contributed by atoms with Gasteiger partial charge in [0.05, 0.1) is 6.61 Å². The first-order valence-electron chi connectivity index (χ1n) is 1.90. The van der Waals surface area contributed by atoms with E-state index in [0.717, 1.165) is 0 Å². The van der Waals surface area contributed by atoms with Crippen LogP contribution >= 0.6 is 0 Å². The van der Waals surface area contributed by atoms with Crippen molar-refractivity contribution in [3.05, 3.63) is 0 Å². The summed E-state index contributed by atoms with van der Waals surface area (Å²) in [5.74, 6) is -0.211. The van der Waals surface area contributed by atoms with Crippen LogP contribution in [0.3, 0.4) is 0 Å². The fraction of sp³-hybridized carbons (Fsp3) is 0.750. The molecule has 0 saturated carbocycles. The third-order valence-electron chi connectivity index (χ3n) is 0.348. The van der Waals surface area contributed by atoms with Crippen molar-refractivity contribution in [2.24, 2.45) is 0 Å². The molecular formula is C4H8Na2O2. The third kappa shape index (κ3) is 15.6. The van der Waals surface area contributed by atoms with Crippen molar-refractivity contribution in [3.8, 4) is 0 Å². The quantitative estimate of drug-likeness (QED) is 0.367. The van der Waals surface area contributed by atoms with Crippen LogP contribution in [0.5, 0.6) is 0 Å². The van der Waals surface area contributed by atoms with Crippen LogP contribution < -0.4 is 0 Å². The van der Waals surface area contributed by atoms with E-state index in [1.807, 2.05) is 0 Å². The molecule has 2 nitrogen and oxygen atoms in total. The summed E-state index contributed by atoms with van der Waals surface area (Å²) in [6, 6.07) is 0. The predicted molar refractivity (Wildman–Crippen MR) is 33.8 cm³/mol. The van der Waals surface area contributed by atoms with E-state index in [0.29, 0.717) is 6.61 Å². The smallest absolute Gasteiger partial charge is 0.302 e. The van der Waals surface area contributed by atoms with Crippen LogP contribution in [0.15, 0.2) is 0 Å². The Kier molecular flexibility index (Phi) is 22.9. The predicted octanol–water partition coefficient (Wildman–Crippen LogP) is -0.192. The van der Waals surface area contributed by atoms with Gasteiger partial charge in [0.2, 0.25) is 0 Å². The summed E-state index contributed by atoms with van der Waals surface area (Å²) < 4.78 is 4.40. The number of esters is 1. The molecule has 38 valence electrons. The van der Waals surface area contributed by atoms with Crippen LogP contribution in [0.2, 0.25) is 0 Å². The maximum atomic E-state index is 9.82. The minimum atomic E-state index is -0.211. The number of carbonyl (C=O) groups excluding carboxylic acids is 1. The molecule has 0 bridgehead atoms. The van der Waals surface area contributed by atoms with Crippen molar-refractivity contribution in [2.75, 3.05) is 6.61 Å². The molecule has 0 aromatic heterocycles. The van der Waals surface area contributed by atoms with Crippen molar-refractivity contribution in [1.29, 1.82) is 0 Å². The molecule has 0 aromatic rings. The molecule has 0 saturated heterocycles. The Morgan fingerprint density at radius 1 is 1.50 bits per heavy atom. The van der Waals surface area contributed by atoms with Gasteiger partial charge in [-0.05, 0) is 6.92 Å². The second kappa shape index (κ2) is 11.3. The summed E-state index contributed by atoms with van der Waals surface area (Å²) in [5.41, 5.74) is 0. The zero-order valence-electron chi connectivity index (χ0n) is 6.02. The monoisotopic (exact) mass is 134 g/mol. The van der Waals surface area contributed by atoms with Crippen molar-refractivity contribution < 1.29 is 9.53 Å². The molecule has 0 rings (SSSR count). The van der Waals surface area contributed by atoms with Gasteiger partial charge in [-0.1, -0.05) is 0 Å². The van der Waals surface area contributed by atoms with Gasteiger partial charge in [0.25, 0.3) is 0 Å². The zero-order valence-corrected chi connectivity index (χ0v) is 10.0. The molecule has 0 unspecified atom stereocenters. The Balaban J connectivity index is -0.000000125. The van der Waals surface area contributed by atoms with E-state index in [1.54, 1.807) is 6.92 Å². The Labute approximate surface area is 93.9 Å². The molecule has 0 spiro atoms. The second-order valence-corrected chi connectivity index (χ2v) is 0.925. The van der Waals surface area contributed by atoms with Gasteiger partial charge in [-0.15, -0.1) is 0 Å². The van der Waals surface area contributed by atoms with Crippen LogP contribution in [-0.2, 0) is 9.53 Å². The summed E-state index contributed by atoms with van der Waals surface area (Å²) in [5, 5.41) is 0. The average Bonchev–Trinajstić information content (AvgIpc) is 1.35. The minimum absolute atomic E-state index is 0. The first-order chi connectivity index (χ1) is 2.77. The molecule has 8 heavy (non-hydrogen) atoms. The molecule has 4 heteroatoms. The van der Waals surface area contributed by atoms with Crippen molar-refractivity contribution in [3.63, 3.8) is 0 Å². The maximum Gasteiger partial charge on any atom is 0.302 e. The molecule has 0 aliphatic carbocycles. The van der Waals surface area contributed by atoms with E-state index in [9.17, 15) is 4.79 Å². The Morgan fingerprint density at radius 3 is 1.88 bits per heavy atom. The van der Waals surface area contributed by atoms with Crippen LogP contribution in [0.4, 0.5) is 0 Å². The van der Waals surface area contributed by atoms with Crippen LogP contribution in [-0.4, -0.2) is 71.7 Å². The number of rotatable bonds is 1. The number of carbonyl (C=O) groups is 1. The van der Waals surface area contributed by atoms with E-state index < -0.39 is 0 Å². The number of ether oxygens (including phenoxy) is 1. The van der Waals surface area contributed by atoms with Crippen LogP contribution in [0, 0.1) is 0 Å². The molecule has 0 amide bonds. The van der Waals surface area contributed by atoms with E-state index in [2.05, 4.69) is 4.74 Å². The van der Waals surface area contributed by atoms with Gasteiger partial charge in [0.15, 0.2) is 0 Å². The third-order valence-corrected chi connectivity index (χ3v) is 0.348. The fourth-order valence-electron chi connectivity index (χ4n) is 0.203. The van der Waals surface area contributed by atoms with Gasteiger partial charge in [0, 0.05) is 66.0 Å². The molecule has 0 fully saturated rings. The van der Waals surface area contributed by atoms with Gasteiger partial charge < -0.3 is 4.74 Å².